The molecule has 27 heavy (non-hydrogen) atoms. The molecular weight excluding hydrogens is 344 g/mol. The van der Waals surface area contributed by atoms with E-state index in [9.17, 15) is 13.6 Å². The minimum atomic E-state index is -3.36. The number of carbonyl (C=O) groups excluding carboxylic acids is 1. The van der Waals surface area contributed by atoms with Gasteiger partial charge in [-0.15, -0.1) is 0 Å². The smallest absolute Gasteiger partial charge is 0.299 e. The fraction of sp³-hybridized carbons (Fsp3) is 0.348. The number of ketones is 1. The molecule has 142 valence electrons. The predicted octanol–water partition coefficient (Wildman–Crippen LogP) is 5.36. The van der Waals surface area contributed by atoms with Crippen LogP contribution in [0.15, 0.2) is 72.8 Å². The van der Waals surface area contributed by atoms with E-state index in [2.05, 4.69) is 17.0 Å². The molecule has 3 rings (SSSR count). The van der Waals surface area contributed by atoms with Crippen molar-refractivity contribution in [2.24, 2.45) is 5.92 Å². The number of alkyl halides is 2. The largest absolute Gasteiger partial charge is 0.313 e. The van der Waals surface area contributed by atoms with Crippen molar-refractivity contribution in [2.45, 2.75) is 31.7 Å². The summed E-state index contributed by atoms with van der Waals surface area (Å²) >= 11 is 0. The van der Waals surface area contributed by atoms with Gasteiger partial charge in [-0.2, -0.15) is 8.78 Å². The van der Waals surface area contributed by atoms with Gasteiger partial charge in [0, 0.05) is 18.5 Å². The standard InChI is InChI=1S/C23H25F2NO/c24-23(25,22(27)21-11-5-2-6-12-21)15-7-10-19-13-16-26(17-14-19)18-20-8-3-1-4-9-20/h1-12,19H,13-18H2/b10-7+. The Bertz CT molecular complexity index is 750. The normalized spacial score (nSPS) is 16.7. The molecule has 0 aromatic heterocycles. The summed E-state index contributed by atoms with van der Waals surface area (Å²) in [5.74, 6) is -4.16. The molecule has 0 unspecified atom stereocenters. The van der Waals surface area contributed by atoms with E-state index in [0.717, 1.165) is 32.5 Å². The average molecular weight is 369 g/mol. The molecule has 0 amide bonds. The zero-order valence-corrected chi connectivity index (χ0v) is 15.4. The van der Waals surface area contributed by atoms with Crippen LogP contribution in [0.2, 0.25) is 0 Å². The Balaban J connectivity index is 1.46. The van der Waals surface area contributed by atoms with Gasteiger partial charge >= 0.3 is 5.92 Å². The molecule has 0 spiro atoms. The monoisotopic (exact) mass is 369 g/mol. The third-order valence-corrected chi connectivity index (χ3v) is 5.03. The highest BCUT2D eigenvalue weighted by Crippen LogP contribution is 2.26. The maximum Gasteiger partial charge on any atom is 0.313 e. The summed E-state index contributed by atoms with van der Waals surface area (Å²) < 4.78 is 28.3. The Morgan fingerprint density at radius 2 is 1.59 bits per heavy atom. The van der Waals surface area contributed by atoms with E-state index in [1.54, 1.807) is 18.2 Å². The molecule has 2 aromatic rings. The summed E-state index contributed by atoms with van der Waals surface area (Å²) in [5, 5.41) is 0. The highest BCUT2D eigenvalue weighted by molar-refractivity contribution is 6.01. The van der Waals surface area contributed by atoms with Crippen LogP contribution in [0.1, 0.15) is 35.2 Å². The first-order chi connectivity index (χ1) is 13.0. The van der Waals surface area contributed by atoms with Crippen LogP contribution in [-0.2, 0) is 6.54 Å². The number of halogens is 2. The quantitative estimate of drug-likeness (QED) is 0.483. The van der Waals surface area contributed by atoms with E-state index in [1.807, 2.05) is 24.3 Å². The van der Waals surface area contributed by atoms with Crippen molar-refractivity contribution in [1.29, 1.82) is 0 Å². The summed E-state index contributed by atoms with van der Waals surface area (Å²) in [5.41, 5.74) is 1.36. The van der Waals surface area contributed by atoms with Crippen LogP contribution >= 0.6 is 0 Å². The van der Waals surface area contributed by atoms with Gasteiger partial charge in [-0.05, 0) is 37.4 Å². The summed E-state index contributed by atoms with van der Waals surface area (Å²) in [4.78, 5) is 14.4. The molecule has 1 saturated heterocycles. The van der Waals surface area contributed by atoms with E-state index in [0.29, 0.717) is 5.92 Å². The third kappa shape index (κ3) is 5.57. The summed E-state index contributed by atoms with van der Waals surface area (Å²) in [7, 11) is 0. The summed E-state index contributed by atoms with van der Waals surface area (Å²) in [6.07, 6.45) is 4.73. The fourth-order valence-electron chi connectivity index (χ4n) is 3.45. The van der Waals surface area contributed by atoms with Crippen molar-refractivity contribution in [3.05, 3.63) is 83.9 Å². The molecule has 0 radical (unpaired) electrons. The van der Waals surface area contributed by atoms with Crippen molar-refractivity contribution in [3.63, 3.8) is 0 Å². The number of Topliss-reactive ketones (excluding diaryl/α,β-unsaturated/α-hetero) is 1. The van der Waals surface area contributed by atoms with Crippen molar-refractivity contribution in [2.75, 3.05) is 13.1 Å². The first kappa shape index (κ1) is 19.4. The number of carbonyl (C=O) groups is 1. The highest BCUT2D eigenvalue weighted by Gasteiger charge is 2.37. The summed E-state index contributed by atoms with van der Waals surface area (Å²) in [6, 6.07) is 18.1. The number of piperidine rings is 1. The molecule has 1 aliphatic heterocycles. The fourth-order valence-corrected chi connectivity index (χ4v) is 3.45. The summed E-state index contributed by atoms with van der Waals surface area (Å²) in [6.45, 7) is 2.85. The third-order valence-electron chi connectivity index (χ3n) is 5.03. The minimum Gasteiger partial charge on any atom is -0.299 e. The second-order valence-electron chi connectivity index (χ2n) is 7.13. The molecule has 2 aromatic carbocycles. The van der Waals surface area contributed by atoms with Crippen LogP contribution in [0.3, 0.4) is 0 Å². The Morgan fingerprint density at radius 3 is 2.22 bits per heavy atom. The van der Waals surface area contributed by atoms with Crippen LogP contribution in [-0.4, -0.2) is 29.7 Å². The van der Waals surface area contributed by atoms with E-state index in [-0.39, 0.29) is 5.56 Å². The zero-order valence-electron chi connectivity index (χ0n) is 15.4. The topological polar surface area (TPSA) is 20.3 Å². The second kappa shape index (κ2) is 9.05. The Kier molecular flexibility index (Phi) is 6.51. The molecule has 4 heteroatoms. The van der Waals surface area contributed by atoms with E-state index < -0.39 is 18.1 Å². The number of hydrogen-bond donors (Lipinski definition) is 0. The lowest BCUT2D eigenvalue weighted by Crippen LogP contribution is -2.32. The lowest BCUT2D eigenvalue weighted by Gasteiger charge is -2.30. The molecule has 0 bridgehead atoms. The van der Waals surface area contributed by atoms with Gasteiger partial charge in [0.25, 0.3) is 0 Å². The second-order valence-corrected chi connectivity index (χ2v) is 7.13. The zero-order chi connectivity index (χ0) is 19.1. The van der Waals surface area contributed by atoms with E-state index >= 15 is 0 Å². The molecule has 0 saturated carbocycles. The van der Waals surface area contributed by atoms with Crippen LogP contribution in [0.25, 0.3) is 0 Å². The van der Waals surface area contributed by atoms with Gasteiger partial charge in [0.05, 0.1) is 0 Å². The van der Waals surface area contributed by atoms with Crippen molar-refractivity contribution in [1.82, 2.24) is 4.90 Å². The molecule has 0 atom stereocenters. The first-order valence-corrected chi connectivity index (χ1v) is 9.45. The molecular formula is C23H25F2NO. The molecule has 0 N–H and O–H groups in total. The molecule has 1 heterocycles. The number of likely N-dealkylation sites (tertiary alicyclic amines) is 1. The SMILES string of the molecule is O=C(c1ccccc1)C(F)(F)C/C=C/C1CCN(Cc2ccccc2)CC1. The van der Waals surface area contributed by atoms with Crippen LogP contribution in [0.5, 0.6) is 0 Å². The van der Waals surface area contributed by atoms with Gasteiger partial charge in [0.1, 0.15) is 0 Å². The number of allylic oxidation sites excluding steroid dienone is 2. The lowest BCUT2D eigenvalue weighted by atomic mass is 9.95. The lowest BCUT2D eigenvalue weighted by molar-refractivity contribution is 0.0122. The van der Waals surface area contributed by atoms with Crippen LogP contribution < -0.4 is 0 Å². The average Bonchev–Trinajstić information content (AvgIpc) is 2.70. The minimum absolute atomic E-state index is 0.0603. The van der Waals surface area contributed by atoms with Gasteiger partial charge in [0.15, 0.2) is 0 Å². The number of nitrogens with zero attached hydrogens (tertiary/aromatic N) is 1. The molecule has 0 aliphatic carbocycles. The van der Waals surface area contributed by atoms with Crippen molar-refractivity contribution in [3.8, 4) is 0 Å². The van der Waals surface area contributed by atoms with E-state index in [4.69, 9.17) is 0 Å². The van der Waals surface area contributed by atoms with Gasteiger partial charge in [-0.3, -0.25) is 9.69 Å². The van der Waals surface area contributed by atoms with Crippen LogP contribution in [0, 0.1) is 5.92 Å². The Labute approximate surface area is 159 Å². The maximum absolute atomic E-state index is 14.2. The number of benzene rings is 2. The number of hydrogen-bond acceptors (Lipinski definition) is 2. The Morgan fingerprint density at radius 1 is 1.00 bits per heavy atom. The van der Waals surface area contributed by atoms with Gasteiger partial charge < -0.3 is 0 Å². The van der Waals surface area contributed by atoms with E-state index in [1.165, 1.54) is 23.8 Å². The first-order valence-electron chi connectivity index (χ1n) is 9.45. The Hall–Kier alpha value is -2.33. The molecule has 1 fully saturated rings. The van der Waals surface area contributed by atoms with Crippen molar-refractivity contribution >= 4 is 5.78 Å². The molecule has 1 aliphatic rings. The van der Waals surface area contributed by atoms with Crippen molar-refractivity contribution < 1.29 is 13.6 Å². The van der Waals surface area contributed by atoms with Gasteiger partial charge in [-0.25, -0.2) is 0 Å². The maximum atomic E-state index is 14.2. The highest BCUT2D eigenvalue weighted by atomic mass is 19.3. The van der Waals surface area contributed by atoms with Gasteiger partial charge in [0.2, 0.25) is 5.78 Å². The molecule has 2 nitrogen and oxygen atoms in total. The van der Waals surface area contributed by atoms with Crippen LogP contribution in [0.4, 0.5) is 8.78 Å². The predicted molar refractivity (Wildman–Crippen MR) is 104 cm³/mol. The number of rotatable bonds is 7. The van der Waals surface area contributed by atoms with Gasteiger partial charge in [-0.1, -0.05) is 72.8 Å².